The second-order valence-electron chi connectivity index (χ2n) is 7.37. The molecule has 3 N–H and O–H groups in total. The second kappa shape index (κ2) is 9.58. The highest BCUT2D eigenvalue weighted by atomic mass is 35.5. The molecule has 1 saturated heterocycles. The lowest BCUT2D eigenvalue weighted by Crippen LogP contribution is -2.41. The molecule has 1 aliphatic heterocycles. The predicted octanol–water partition coefficient (Wildman–Crippen LogP) is 3.56. The van der Waals surface area contributed by atoms with Crippen molar-refractivity contribution in [1.29, 1.82) is 0 Å². The zero-order valence-corrected chi connectivity index (χ0v) is 19.0. The summed E-state index contributed by atoms with van der Waals surface area (Å²) in [4.78, 5) is 32.0. The van der Waals surface area contributed by atoms with Crippen LogP contribution >= 0.6 is 22.9 Å². The normalized spacial score (nSPS) is 14.4. The molecule has 9 nitrogen and oxygen atoms in total. The molecule has 2 aromatic heterocycles. The minimum absolute atomic E-state index is 0.0223. The monoisotopic (exact) mass is 474 g/mol. The van der Waals surface area contributed by atoms with Crippen LogP contribution in [0.5, 0.6) is 5.75 Å². The Bertz CT molecular complexity index is 1120. The van der Waals surface area contributed by atoms with Crippen LogP contribution in [0.4, 0.5) is 10.7 Å². The van der Waals surface area contributed by atoms with Crippen molar-refractivity contribution in [2.24, 2.45) is 5.73 Å². The van der Waals surface area contributed by atoms with Gasteiger partial charge in [0.15, 0.2) is 5.82 Å². The number of benzene rings is 1. The van der Waals surface area contributed by atoms with Crippen molar-refractivity contribution in [1.82, 2.24) is 19.7 Å². The van der Waals surface area contributed by atoms with E-state index in [-0.39, 0.29) is 11.8 Å². The maximum absolute atomic E-state index is 13.4. The van der Waals surface area contributed by atoms with Gasteiger partial charge in [-0.15, -0.1) is 16.4 Å². The third-order valence-corrected chi connectivity index (χ3v) is 6.61. The Morgan fingerprint density at radius 1 is 1.25 bits per heavy atom. The smallest absolute Gasteiger partial charge is 0.314 e. The lowest BCUT2D eigenvalue weighted by atomic mass is 9.96. The predicted molar refractivity (Wildman–Crippen MR) is 123 cm³/mol. The van der Waals surface area contributed by atoms with Gasteiger partial charge < -0.3 is 20.7 Å². The van der Waals surface area contributed by atoms with Gasteiger partial charge in [0.25, 0.3) is 5.91 Å². The van der Waals surface area contributed by atoms with Crippen molar-refractivity contribution < 1.29 is 14.3 Å². The molecule has 1 aliphatic rings. The molecule has 0 unspecified atom stereocenters. The fourth-order valence-corrected chi connectivity index (χ4v) is 4.69. The number of methoxy groups -OCH3 is 1. The number of carbonyl (C=O) groups is 2. The van der Waals surface area contributed by atoms with Gasteiger partial charge in [0.1, 0.15) is 5.75 Å². The number of piperidine rings is 1. The first-order valence-electron chi connectivity index (χ1n) is 10.1. The van der Waals surface area contributed by atoms with Gasteiger partial charge in [-0.2, -0.15) is 9.67 Å². The van der Waals surface area contributed by atoms with Crippen LogP contribution in [-0.4, -0.2) is 51.8 Å². The van der Waals surface area contributed by atoms with Crippen LogP contribution in [-0.2, 0) is 6.54 Å². The average molecular weight is 475 g/mol. The first kappa shape index (κ1) is 22.1. The van der Waals surface area contributed by atoms with E-state index in [0.717, 1.165) is 4.88 Å². The Kier molecular flexibility index (Phi) is 6.61. The molecule has 0 saturated carbocycles. The summed E-state index contributed by atoms with van der Waals surface area (Å²) in [6.45, 7) is 1.52. The molecular weight excluding hydrogens is 452 g/mol. The largest absolute Gasteiger partial charge is 0.496 e. The number of hydrogen-bond donors (Lipinski definition) is 2. The van der Waals surface area contributed by atoms with Crippen LogP contribution < -0.4 is 15.8 Å². The Balaban J connectivity index is 1.62. The molecule has 4 rings (SSSR count). The summed E-state index contributed by atoms with van der Waals surface area (Å²) in [5.41, 5.74) is 5.77. The Labute approximate surface area is 194 Å². The van der Waals surface area contributed by atoms with Crippen molar-refractivity contribution >= 4 is 40.8 Å². The van der Waals surface area contributed by atoms with Crippen molar-refractivity contribution in [3.8, 4) is 5.75 Å². The molecule has 0 bridgehead atoms. The molecule has 1 fully saturated rings. The van der Waals surface area contributed by atoms with E-state index in [1.165, 1.54) is 23.1 Å². The Morgan fingerprint density at radius 2 is 2.00 bits per heavy atom. The van der Waals surface area contributed by atoms with E-state index >= 15 is 0 Å². The highest BCUT2D eigenvalue weighted by Crippen LogP contribution is 2.28. The summed E-state index contributed by atoms with van der Waals surface area (Å²) in [5, 5.41) is 7.77. The summed E-state index contributed by atoms with van der Waals surface area (Å²) >= 11 is 7.48. The lowest BCUT2D eigenvalue weighted by Gasteiger charge is -2.29. The zero-order chi connectivity index (χ0) is 22.7. The second-order valence-corrected chi connectivity index (χ2v) is 9.17. The SMILES string of the molecule is COc1ccccc1C(=O)n1nc(C2CCN(C(N)=O)CC2)nc1NCc1ccc(Cl)s1. The van der Waals surface area contributed by atoms with Gasteiger partial charge in [0.05, 0.1) is 23.6 Å². The molecule has 32 heavy (non-hydrogen) atoms. The number of carbonyl (C=O) groups excluding carboxylic acids is 2. The number of para-hydroxylation sites is 1. The fraction of sp³-hybridized carbons (Fsp3) is 0.333. The third kappa shape index (κ3) is 4.71. The highest BCUT2D eigenvalue weighted by molar-refractivity contribution is 7.16. The minimum atomic E-state index is -0.426. The van der Waals surface area contributed by atoms with E-state index in [1.807, 2.05) is 12.1 Å². The number of hydrogen-bond acceptors (Lipinski definition) is 7. The van der Waals surface area contributed by atoms with E-state index in [4.69, 9.17) is 22.1 Å². The number of primary amides is 1. The topological polar surface area (TPSA) is 115 Å². The number of thiophene rings is 1. The van der Waals surface area contributed by atoms with Crippen molar-refractivity contribution in [2.75, 3.05) is 25.5 Å². The van der Waals surface area contributed by atoms with Crippen LogP contribution in [0.15, 0.2) is 36.4 Å². The molecule has 0 radical (unpaired) electrons. The summed E-state index contributed by atoms with van der Waals surface area (Å²) in [6.07, 6.45) is 1.35. The number of urea groups is 1. The van der Waals surface area contributed by atoms with E-state index in [2.05, 4.69) is 15.4 Å². The van der Waals surface area contributed by atoms with Gasteiger partial charge >= 0.3 is 6.03 Å². The van der Waals surface area contributed by atoms with E-state index in [1.54, 1.807) is 29.2 Å². The number of nitrogens with two attached hydrogens (primary N) is 1. The number of halogens is 1. The number of anilines is 1. The summed E-state index contributed by atoms with van der Waals surface area (Å²) in [5.74, 6) is 1.04. The van der Waals surface area contributed by atoms with Gasteiger partial charge in [-0.25, -0.2) is 4.79 Å². The number of nitrogens with one attached hydrogen (secondary N) is 1. The number of aromatic nitrogens is 3. The molecular formula is C21H23ClN6O3S. The van der Waals surface area contributed by atoms with Crippen molar-refractivity contribution in [2.45, 2.75) is 25.3 Å². The van der Waals surface area contributed by atoms with Crippen molar-refractivity contribution in [3.05, 3.63) is 57.0 Å². The molecule has 3 aromatic rings. The van der Waals surface area contributed by atoms with Crippen LogP contribution in [0.2, 0.25) is 4.34 Å². The third-order valence-electron chi connectivity index (χ3n) is 5.37. The highest BCUT2D eigenvalue weighted by Gasteiger charge is 2.28. The maximum Gasteiger partial charge on any atom is 0.314 e. The van der Waals surface area contributed by atoms with Gasteiger partial charge in [0.2, 0.25) is 5.95 Å². The van der Waals surface area contributed by atoms with Gasteiger partial charge in [-0.05, 0) is 37.1 Å². The first-order valence-corrected chi connectivity index (χ1v) is 11.3. The number of amides is 2. The van der Waals surface area contributed by atoms with Crippen molar-refractivity contribution in [3.63, 3.8) is 0 Å². The van der Waals surface area contributed by atoms with E-state index < -0.39 is 6.03 Å². The molecule has 0 aliphatic carbocycles. The van der Waals surface area contributed by atoms with Gasteiger partial charge in [-0.1, -0.05) is 23.7 Å². The molecule has 11 heteroatoms. The molecule has 0 atom stereocenters. The van der Waals surface area contributed by atoms with E-state index in [9.17, 15) is 9.59 Å². The minimum Gasteiger partial charge on any atom is -0.496 e. The van der Waals surface area contributed by atoms with Gasteiger partial charge in [0, 0.05) is 23.9 Å². The summed E-state index contributed by atoms with van der Waals surface area (Å²) in [6, 6.07) is 10.3. The zero-order valence-electron chi connectivity index (χ0n) is 17.5. The van der Waals surface area contributed by atoms with Crippen LogP contribution in [0, 0.1) is 0 Å². The Morgan fingerprint density at radius 3 is 2.66 bits per heavy atom. The summed E-state index contributed by atoms with van der Waals surface area (Å²) in [7, 11) is 1.52. The summed E-state index contributed by atoms with van der Waals surface area (Å²) < 4.78 is 7.32. The van der Waals surface area contributed by atoms with Crippen LogP contribution in [0.1, 0.15) is 39.8 Å². The average Bonchev–Trinajstić information content (AvgIpc) is 3.43. The number of nitrogens with zero attached hydrogens (tertiary/aromatic N) is 4. The fourth-order valence-electron chi connectivity index (χ4n) is 3.66. The Hall–Kier alpha value is -3.11. The standard InChI is InChI=1S/C21H23ClN6O3S/c1-31-16-5-3-2-4-15(16)19(29)28-21(24-12-14-6-7-17(22)32-14)25-18(26-28)13-8-10-27(11-9-13)20(23)30/h2-7,13H,8-12H2,1H3,(H2,23,30)(H,24,25,26). The number of rotatable bonds is 6. The first-order chi connectivity index (χ1) is 15.5. The lowest BCUT2D eigenvalue weighted by molar-refractivity contribution is 0.0943. The molecule has 168 valence electrons. The maximum atomic E-state index is 13.4. The van der Waals surface area contributed by atoms with E-state index in [0.29, 0.717) is 59.9 Å². The van der Waals surface area contributed by atoms with Gasteiger partial charge in [-0.3, -0.25) is 4.79 Å². The quantitative estimate of drug-likeness (QED) is 0.564. The molecule has 1 aromatic carbocycles. The number of ether oxygens (including phenoxy) is 1. The van der Waals surface area contributed by atoms with Crippen LogP contribution in [0.3, 0.4) is 0 Å². The molecule has 2 amide bonds. The van der Waals surface area contributed by atoms with Crippen LogP contribution in [0.25, 0.3) is 0 Å². The number of likely N-dealkylation sites (tertiary alicyclic amines) is 1. The molecule has 0 spiro atoms. The molecule has 3 heterocycles.